The van der Waals surface area contributed by atoms with Crippen molar-refractivity contribution in [3.63, 3.8) is 0 Å². The predicted molar refractivity (Wildman–Crippen MR) is 126 cm³/mol. The third kappa shape index (κ3) is 6.24. The highest BCUT2D eigenvalue weighted by molar-refractivity contribution is 5.90. The highest BCUT2D eigenvalue weighted by atomic mass is 16.2. The molecule has 2 fully saturated rings. The number of benzene rings is 1. The van der Waals surface area contributed by atoms with Crippen LogP contribution in [-0.4, -0.2) is 59.9 Å². The van der Waals surface area contributed by atoms with Crippen molar-refractivity contribution in [2.45, 2.75) is 65.3 Å². The molecule has 0 aliphatic carbocycles. The molecular weight excluding hydrogens is 404 g/mol. The highest BCUT2D eigenvalue weighted by Gasteiger charge is 2.37. The predicted octanol–water partition coefficient (Wildman–Crippen LogP) is 3.78. The summed E-state index contributed by atoms with van der Waals surface area (Å²) < 4.78 is 0. The Labute approximate surface area is 191 Å². The number of carbonyl (C=O) groups is 3. The van der Waals surface area contributed by atoms with Crippen molar-refractivity contribution >= 4 is 23.5 Å². The SMILES string of the molecule is CCCCNC(=O)C1CCC(C)N(C(=O)C2CCCN(C(=O)Nc3cccc(C)c3)C2)C1. The molecule has 2 aliphatic rings. The molecule has 3 atom stereocenters. The van der Waals surface area contributed by atoms with Gasteiger partial charge in [-0.05, 0) is 63.6 Å². The Morgan fingerprint density at radius 1 is 1.09 bits per heavy atom. The van der Waals surface area contributed by atoms with Crippen LogP contribution in [0, 0.1) is 18.8 Å². The minimum Gasteiger partial charge on any atom is -0.356 e. The molecule has 1 aromatic carbocycles. The number of hydrogen-bond acceptors (Lipinski definition) is 3. The molecule has 0 spiro atoms. The summed E-state index contributed by atoms with van der Waals surface area (Å²) in [4.78, 5) is 42.4. The summed E-state index contributed by atoms with van der Waals surface area (Å²) in [5.41, 5.74) is 1.85. The molecule has 1 aromatic rings. The molecule has 32 heavy (non-hydrogen) atoms. The van der Waals surface area contributed by atoms with Gasteiger partial charge in [-0.3, -0.25) is 9.59 Å². The van der Waals surface area contributed by atoms with Crippen molar-refractivity contribution < 1.29 is 14.4 Å². The first-order valence-electron chi connectivity index (χ1n) is 12.1. The molecule has 2 heterocycles. The molecule has 176 valence electrons. The number of unbranched alkanes of at least 4 members (excludes halogenated alkanes) is 1. The van der Waals surface area contributed by atoms with E-state index >= 15 is 0 Å². The second-order valence-corrected chi connectivity index (χ2v) is 9.34. The minimum absolute atomic E-state index is 0.0611. The van der Waals surface area contributed by atoms with Gasteiger partial charge in [0.1, 0.15) is 0 Å². The molecule has 0 bridgehead atoms. The Hall–Kier alpha value is -2.57. The Balaban J connectivity index is 1.58. The van der Waals surface area contributed by atoms with Gasteiger partial charge in [0.25, 0.3) is 0 Å². The van der Waals surface area contributed by atoms with Crippen molar-refractivity contribution in [1.82, 2.24) is 15.1 Å². The lowest BCUT2D eigenvalue weighted by molar-refractivity contribution is -0.143. The van der Waals surface area contributed by atoms with Gasteiger partial charge in [0.15, 0.2) is 0 Å². The van der Waals surface area contributed by atoms with E-state index in [9.17, 15) is 14.4 Å². The number of nitrogens with one attached hydrogen (secondary N) is 2. The van der Waals surface area contributed by atoms with Gasteiger partial charge in [-0.1, -0.05) is 25.5 Å². The number of urea groups is 1. The molecule has 2 saturated heterocycles. The lowest BCUT2D eigenvalue weighted by Gasteiger charge is -2.41. The van der Waals surface area contributed by atoms with Crippen LogP contribution in [0.15, 0.2) is 24.3 Å². The molecule has 4 amide bonds. The van der Waals surface area contributed by atoms with Crippen LogP contribution in [0.25, 0.3) is 0 Å². The maximum Gasteiger partial charge on any atom is 0.321 e. The largest absolute Gasteiger partial charge is 0.356 e. The van der Waals surface area contributed by atoms with E-state index < -0.39 is 0 Å². The van der Waals surface area contributed by atoms with E-state index in [0.29, 0.717) is 26.2 Å². The lowest BCUT2D eigenvalue weighted by atomic mass is 9.89. The second-order valence-electron chi connectivity index (χ2n) is 9.34. The molecule has 3 unspecified atom stereocenters. The van der Waals surface area contributed by atoms with Crippen molar-refractivity contribution in [3.05, 3.63) is 29.8 Å². The van der Waals surface area contributed by atoms with Crippen molar-refractivity contribution in [2.75, 3.05) is 31.5 Å². The van der Waals surface area contributed by atoms with E-state index in [1.165, 1.54) is 0 Å². The van der Waals surface area contributed by atoms with E-state index in [4.69, 9.17) is 0 Å². The topological polar surface area (TPSA) is 81.8 Å². The van der Waals surface area contributed by atoms with Gasteiger partial charge >= 0.3 is 6.03 Å². The summed E-state index contributed by atoms with van der Waals surface area (Å²) in [6.07, 6.45) is 5.26. The first-order chi connectivity index (χ1) is 15.4. The Morgan fingerprint density at radius 3 is 2.66 bits per heavy atom. The number of aryl methyl sites for hydroxylation is 1. The summed E-state index contributed by atoms with van der Waals surface area (Å²) in [6, 6.07) is 7.68. The molecule has 0 saturated carbocycles. The zero-order valence-electron chi connectivity index (χ0n) is 19.7. The maximum absolute atomic E-state index is 13.4. The lowest BCUT2D eigenvalue weighted by Crippen LogP contribution is -2.54. The second kappa shape index (κ2) is 11.3. The van der Waals surface area contributed by atoms with Crippen LogP contribution < -0.4 is 10.6 Å². The van der Waals surface area contributed by atoms with E-state index in [1.54, 1.807) is 4.90 Å². The molecule has 7 nitrogen and oxygen atoms in total. The van der Waals surface area contributed by atoms with Gasteiger partial charge in [0.2, 0.25) is 11.8 Å². The van der Waals surface area contributed by atoms with E-state index in [2.05, 4.69) is 24.5 Å². The third-order valence-electron chi connectivity index (χ3n) is 6.69. The molecule has 2 N–H and O–H groups in total. The van der Waals surface area contributed by atoms with Crippen molar-refractivity contribution in [2.24, 2.45) is 11.8 Å². The first kappa shape index (κ1) is 24.1. The van der Waals surface area contributed by atoms with Crippen LogP contribution in [0.4, 0.5) is 10.5 Å². The summed E-state index contributed by atoms with van der Waals surface area (Å²) in [7, 11) is 0. The quantitative estimate of drug-likeness (QED) is 0.658. The van der Waals surface area contributed by atoms with Crippen LogP contribution in [0.2, 0.25) is 0 Å². The molecular formula is C25H38N4O3. The number of piperidine rings is 2. The van der Waals surface area contributed by atoms with Gasteiger partial charge in [-0.15, -0.1) is 0 Å². The zero-order valence-corrected chi connectivity index (χ0v) is 19.7. The van der Waals surface area contributed by atoms with Gasteiger partial charge in [-0.25, -0.2) is 4.79 Å². The fourth-order valence-electron chi connectivity index (χ4n) is 4.68. The summed E-state index contributed by atoms with van der Waals surface area (Å²) in [6.45, 7) is 8.40. The van der Waals surface area contributed by atoms with Gasteiger partial charge in [-0.2, -0.15) is 0 Å². The maximum atomic E-state index is 13.4. The molecule has 3 rings (SSSR count). The van der Waals surface area contributed by atoms with E-state index in [-0.39, 0.29) is 35.7 Å². The number of rotatable bonds is 6. The van der Waals surface area contributed by atoms with E-state index in [0.717, 1.165) is 49.8 Å². The highest BCUT2D eigenvalue weighted by Crippen LogP contribution is 2.27. The number of hydrogen-bond donors (Lipinski definition) is 2. The zero-order chi connectivity index (χ0) is 23.1. The van der Waals surface area contributed by atoms with Crippen LogP contribution in [0.1, 0.15) is 57.9 Å². The summed E-state index contributed by atoms with van der Waals surface area (Å²) >= 11 is 0. The summed E-state index contributed by atoms with van der Waals surface area (Å²) in [5, 5.41) is 5.97. The molecule has 0 radical (unpaired) electrons. The fraction of sp³-hybridized carbons (Fsp3) is 0.640. The molecule has 2 aliphatic heterocycles. The molecule has 7 heteroatoms. The number of amides is 4. The van der Waals surface area contributed by atoms with Crippen molar-refractivity contribution in [3.8, 4) is 0 Å². The fourth-order valence-corrected chi connectivity index (χ4v) is 4.68. The Bertz CT molecular complexity index is 812. The number of carbonyl (C=O) groups excluding carboxylic acids is 3. The standard InChI is InChI=1S/C25H38N4O3/c1-4-5-13-26-23(30)20-12-11-19(3)29(17-20)24(31)21-9-7-14-28(16-21)25(32)27-22-10-6-8-18(2)15-22/h6,8,10,15,19-21H,4-5,7,9,11-14,16-17H2,1-3H3,(H,26,30)(H,27,32). The average Bonchev–Trinajstić information content (AvgIpc) is 2.79. The van der Waals surface area contributed by atoms with Crippen molar-refractivity contribution in [1.29, 1.82) is 0 Å². The van der Waals surface area contributed by atoms with Crippen LogP contribution in [-0.2, 0) is 9.59 Å². The van der Waals surface area contributed by atoms with Gasteiger partial charge < -0.3 is 20.4 Å². The Morgan fingerprint density at radius 2 is 1.91 bits per heavy atom. The van der Waals surface area contributed by atoms with Gasteiger partial charge in [0.05, 0.1) is 11.8 Å². The van der Waals surface area contributed by atoms with Crippen LogP contribution >= 0.6 is 0 Å². The minimum atomic E-state index is -0.212. The first-order valence-corrected chi connectivity index (χ1v) is 12.1. The monoisotopic (exact) mass is 442 g/mol. The average molecular weight is 443 g/mol. The summed E-state index contributed by atoms with van der Waals surface area (Å²) in [5.74, 6) is -0.213. The number of likely N-dealkylation sites (tertiary alicyclic amines) is 2. The third-order valence-corrected chi connectivity index (χ3v) is 6.69. The number of anilines is 1. The Kier molecular flexibility index (Phi) is 8.53. The van der Waals surface area contributed by atoms with E-state index in [1.807, 2.05) is 36.1 Å². The number of nitrogens with zero attached hydrogens (tertiary/aromatic N) is 2. The molecule has 0 aromatic heterocycles. The van der Waals surface area contributed by atoms with Gasteiger partial charge in [0, 0.05) is 37.9 Å². The van der Waals surface area contributed by atoms with Crippen LogP contribution in [0.5, 0.6) is 0 Å². The normalized spacial score (nSPS) is 23.5. The van der Waals surface area contributed by atoms with Crippen LogP contribution in [0.3, 0.4) is 0 Å². The smallest absolute Gasteiger partial charge is 0.321 e.